The Kier molecular flexibility index (Phi) is 6.89. The maximum atomic E-state index is 12.1. The molecule has 1 aliphatic heterocycles. The van der Waals surface area contributed by atoms with Crippen LogP contribution in [0.1, 0.15) is 50.7 Å². The Bertz CT molecular complexity index is 664. The fourth-order valence-electron chi connectivity index (χ4n) is 4.55. The summed E-state index contributed by atoms with van der Waals surface area (Å²) in [4.78, 5) is 26.6. The molecule has 1 aromatic carbocycles. The van der Waals surface area contributed by atoms with Crippen molar-refractivity contribution >= 4 is 17.5 Å². The number of unbranched alkanes of at least 4 members (excludes halogenated alkanes) is 1. The third kappa shape index (κ3) is 5.80. The number of fused-ring (bicyclic) bond motifs is 1. The van der Waals surface area contributed by atoms with Gasteiger partial charge in [0.15, 0.2) is 0 Å². The molecule has 1 fully saturated rings. The average molecular weight is 372 g/mol. The summed E-state index contributed by atoms with van der Waals surface area (Å²) >= 11 is 0. The van der Waals surface area contributed by atoms with Gasteiger partial charge in [0.1, 0.15) is 0 Å². The number of carbonyl (C=O) groups is 2. The second kappa shape index (κ2) is 9.36. The second-order valence-corrected chi connectivity index (χ2v) is 8.46. The van der Waals surface area contributed by atoms with Crippen molar-refractivity contribution in [3.63, 3.8) is 0 Å². The van der Waals surface area contributed by atoms with Crippen molar-refractivity contribution in [1.82, 2.24) is 10.2 Å². The molecule has 0 aromatic heterocycles. The number of likely N-dealkylation sites (tertiary alicyclic amines) is 1. The minimum Gasteiger partial charge on any atom is -0.348 e. The molecule has 2 amide bonds. The van der Waals surface area contributed by atoms with E-state index in [1.54, 1.807) is 0 Å². The smallest absolute Gasteiger partial charge is 0.313 e. The number of nitrogens with zero attached hydrogens (tertiary/aromatic N) is 1. The largest absolute Gasteiger partial charge is 0.348 e. The fourth-order valence-corrected chi connectivity index (χ4v) is 4.55. The average Bonchev–Trinajstić information content (AvgIpc) is 3.08. The van der Waals surface area contributed by atoms with Crippen LogP contribution in [0.25, 0.3) is 0 Å². The van der Waals surface area contributed by atoms with Crippen LogP contribution in [0.5, 0.6) is 0 Å². The van der Waals surface area contributed by atoms with Gasteiger partial charge in [0.2, 0.25) is 0 Å². The molecule has 3 rings (SSSR count). The van der Waals surface area contributed by atoms with Gasteiger partial charge < -0.3 is 15.5 Å². The number of hydrogen-bond donors (Lipinski definition) is 2. The summed E-state index contributed by atoms with van der Waals surface area (Å²) in [5, 5.41) is 5.46. The number of piperidine rings is 1. The highest BCUT2D eigenvalue weighted by atomic mass is 16.2. The SMILES string of the molecule is CC1CC(C)CN(CCCCNC(=O)C(=O)Nc2ccc3c(c2)CCC3)C1. The molecule has 2 N–H and O–H groups in total. The van der Waals surface area contributed by atoms with Gasteiger partial charge in [-0.1, -0.05) is 19.9 Å². The third-order valence-corrected chi connectivity index (χ3v) is 5.69. The number of rotatable bonds is 6. The van der Waals surface area contributed by atoms with Crippen LogP contribution in [0.3, 0.4) is 0 Å². The van der Waals surface area contributed by atoms with Crippen LogP contribution >= 0.6 is 0 Å². The van der Waals surface area contributed by atoms with Crippen LogP contribution in [0.2, 0.25) is 0 Å². The minimum atomic E-state index is -0.577. The number of hydrogen-bond acceptors (Lipinski definition) is 3. The van der Waals surface area contributed by atoms with E-state index in [-0.39, 0.29) is 0 Å². The highest BCUT2D eigenvalue weighted by Gasteiger charge is 2.21. The van der Waals surface area contributed by atoms with E-state index in [1.807, 2.05) is 12.1 Å². The van der Waals surface area contributed by atoms with Crippen LogP contribution in [0.4, 0.5) is 5.69 Å². The van der Waals surface area contributed by atoms with E-state index < -0.39 is 11.8 Å². The van der Waals surface area contributed by atoms with Gasteiger partial charge in [0, 0.05) is 25.3 Å². The molecule has 1 saturated heterocycles. The molecule has 0 bridgehead atoms. The molecule has 1 aliphatic carbocycles. The summed E-state index contributed by atoms with van der Waals surface area (Å²) in [6, 6.07) is 5.93. The van der Waals surface area contributed by atoms with Crippen molar-refractivity contribution in [2.75, 3.05) is 31.5 Å². The predicted molar refractivity (Wildman–Crippen MR) is 109 cm³/mol. The Morgan fingerprint density at radius 1 is 1.04 bits per heavy atom. The lowest BCUT2D eigenvalue weighted by Gasteiger charge is -2.34. The van der Waals surface area contributed by atoms with Crippen molar-refractivity contribution in [3.05, 3.63) is 29.3 Å². The maximum Gasteiger partial charge on any atom is 0.313 e. The van der Waals surface area contributed by atoms with Crippen LogP contribution < -0.4 is 10.6 Å². The minimum absolute atomic E-state index is 0.546. The first-order valence-corrected chi connectivity index (χ1v) is 10.4. The summed E-state index contributed by atoms with van der Waals surface area (Å²) < 4.78 is 0. The van der Waals surface area contributed by atoms with Gasteiger partial charge in [-0.25, -0.2) is 0 Å². The molecular weight excluding hydrogens is 338 g/mol. The number of aryl methyl sites for hydroxylation is 2. The highest BCUT2D eigenvalue weighted by molar-refractivity contribution is 6.39. The summed E-state index contributed by atoms with van der Waals surface area (Å²) in [6.07, 6.45) is 6.61. The topological polar surface area (TPSA) is 61.4 Å². The molecule has 5 heteroatoms. The van der Waals surface area contributed by atoms with E-state index in [9.17, 15) is 9.59 Å². The van der Waals surface area contributed by atoms with Gasteiger partial charge in [-0.05, 0) is 80.2 Å². The lowest BCUT2D eigenvalue weighted by atomic mass is 9.92. The fraction of sp³-hybridized carbons (Fsp3) is 0.636. The summed E-state index contributed by atoms with van der Waals surface area (Å²) in [6.45, 7) is 8.63. The first kappa shape index (κ1) is 19.9. The molecule has 0 radical (unpaired) electrons. The second-order valence-electron chi connectivity index (χ2n) is 8.46. The van der Waals surface area contributed by atoms with Gasteiger partial charge in [0.05, 0.1) is 0 Å². The zero-order chi connectivity index (χ0) is 19.2. The quantitative estimate of drug-likeness (QED) is 0.597. The first-order valence-electron chi connectivity index (χ1n) is 10.4. The van der Waals surface area contributed by atoms with Crippen LogP contribution in [-0.2, 0) is 22.4 Å². The van der Waals surface area contributed by atoms with E-state index in [4.69, 9.17) is 0 Å². The zero-order valence-corrected chi connectivity index (χ0v) is 16.7. The molecule has 1 heterocycles. The van der Waals surface area contributed by atoms with Crippen molar-refractivity contribution in [3.8, 4) is 0 Å². The highest BCUT2D eigenvalue weighted by Crippen LogP contribution is 2.25. The summed E-state index contributed by atoms with van der Waals surface area (Å²) in [5.74, 6) is 0.426. The van der Waals surface area contributed by atoms with Crippen molar-refractivity contribution in [2.24, 2.45) is 11.8 Å². The molecule has 2 unspecified atom stereocenters. The Balaban J connectivity index is 1.32. The molecule has 0 spiro atoms. The van der Waals surface area contributed by atoms with E-state index in [1.165, 1.54) is 37.1 Å². The molecule has 148 valence electrons. The number of anilines is 1. The maximum absolute atomic E-state index is 12.1. The lowest BCUT2D eigenvalue weighted by Crippen LogP contribution is -2.39. The predicted octanol–water partition coefficient (Wildman–Crippen LogP) is 2.99. The lowest BCUT2D eigenvalue weighted by molar-refractivity contribution is -0.136. The molecule has 1 aromatic rings. The summed E-state index contributed by atoms with van der Waals surface area (Å²) in [5.41, 5.74) is 3.36. The zero-order valence-electron chi connectivity index (χ0n) is 16.7. The van der Waals surface area contributed by atoms with Crippen molar-refractivity contribution in [1.29, 1.82) is 0 Å². The van der Waals surface area contributed by atoms with E-state index in [0.29, 0.717) is 12.2 Å². The Morgan fingerprint density at radius 2 is 1.78 bits per heavy atom. The molecule has 0 saturated carbocycles. The number of benzene rings is 1. The molecule has 5 nitrogen and oxygen atoms in total. The molecule has 27 heavy (non-hydrogen) atoms. The molecular formula is C22H33N3O2. The van der Waals surface area contributed by atoms with Gasteiger partial charge in [-0.15, -0.1) is 0 Å². The summed E-state index contributed by atoms with van der Waals surface area (Å²) in [7, 11) is 0. The normalized spacial score (nSPS) is 22.3. The standard InChI is InChI=1S/C22H33N3O2/c1-16-12-17(2)15-25(14-16)11-4-3-10-23-21(26)22(27)24-20-9-8-18-6-5-7-19(18)13-20/h8-9,13,16-17H,3-7,10-12,14-15H2,1-2H3,(H,23,26)(H,24,27). The van der Waals surface area contributed by atoms with Gasteiger partial charge in [0.25, 0.3) is 0 Å². The van der Waals surface area contributed by atoms with E-state index >= 15 is 0 Å². The van der Waals surface area contributed by atoms with Gasteiger partial charge >= 0.3 is 11.8 Å². The Morgan fingerprint density at radius 3 is 2.56 bits per heavy atom. The van der Waals surface area contributed by atoms with Gasteiger partial charge in [-0.2, -0.15) is 0 Å². The van der Waals surface area contributed by atoms with Crippen molar-refractivity contribution in [2.45, 2.75) is 52.4 Å². The number of amides is 2. The van der Waals surface area contributed by atoms with Crippen LogP contribution in [-0.4, -0.2) is 42.9 Å². The number of nitrogens with one attached hydrogen (secondary N) is 2. The van der Waals surface area contributed by atoms with E-state index in [0.717, 1.165) is 44.1 Å². The molecule has 2 atom stereocenters. The van der Waals surface area contributed by atoms with Crippen LogP contribution in [0.15, 0.2) is 18.2 Å². The van der Waals surface area contributed by atoms with E-state index in [2.05, 4.69) is 35.4 Å². The first-order chi connectivity index (χ1) is 13.0. The third-order valence-electron chi connectivity index (χ3n) is 5.69. The van der Waals surface area contributed by atoms with Crippen molar-refractivity contribution < 1.29 is 9.59 Å². The van der Waals surface area contributed by atoms with Crippen LogP contribution in [0, 0.1) is 11.8 Å². The monoisotopic (exact) mass is 371 g/mol. The van der Waals surface area contributed by atoms with Gasteiger partial charge in [-0.3, -0.25) is 9.59 Å². The molecule has 2 aliphatic rings. The Hall–Kier alpha value is -1.88. The number of carbonyl (C=O) groups excluding carboxylic acids is 2. The Labute approximate surface area is 162 Å².